The Hall–Kier alpha value is -3.23. The number of thiophene rings is 1. The Labute approximate surface area is 191 Å². The summed E-state index contributed by atoms with van der Waals surface area (Å²) in [4.78, 5) is 0. The molecule has 162 valence electrons. The second kappa shape index (κ2) is 8.03. The maximum atomic E-state index is 12.7. The zero-order valence-corrected chi connectivity index (χ0v) is 19.3. The summed E-state index contributed by atoms with van der Waals surface area (Å²) in [5.74, 6) is 0. The average Bonchev–Trinajstić information content (AvgIpc) is 3.52. The van der Waals surface area contributed by atoms with E-state index in [1.807, 2.05) is 83.2 Å². The van der Waals surface area contributed by atoms with Gasteiger partial charge < -0.3 is 0 Å². The lowest BCUT2D eigenvalue weighted by Crippen LogP contribution is -2.26. The first kappa shape index (κ1) is 20.7. The quantitative estimate of drug-likeness (QED) is 0.418. The monoisotopic (exact) mass is 462 g/mol. The predicted molar refractivity (Wildman–Crippen MR) is 129 cm³/mol. The molecule has 0 radical (unpaired) electrons. The van der Waals surface area contributed by atoms with E-state index in [0.717, 1.165) is 39.3 Å². The van der Waals surface area contributed by atoms with Gasteiger partial charge in [0.05, 0.1) is 29.4 Å². The standard InChI is InChI=1S/C24H22N4O2S2/c1-17-7-6-8-18(13-17)24-21(15-27(26-24)20-9-4-3-5-10-20)23-14-22(19-11-12-31-16-19)25-28(23)32(2,29)30/h3-13,15-16,23H,14H2,1-2H3/t23-/m0/s1. The van der Waals surface area contributed by atoms with Gasteiger partial charge in [0, 0.05) is 29.3 Å². The number of hydrogen-bond donors (Lipinski definition) is 0. The average molecular weight is 463 g/mol. The molecule has 0 fully saturated rings. The SMILES string of the molecule is Cc1cccc(-c2nn(-c3ccccc3)cc2[C@@H]2CC(c3ccsc3)=NN2S(C)(=O)=O)c1. The van der Waals surface area contributed by atoms with Crippen LogP contribution in [0.15, 0.2) is 82.7 Å². The smallest absolute Gasteiger partial charge is 0.240 e. The van der Waals surface area contributed by atoms with Gasteiger partial charge in [0.15, 0.2) is 0 Å². The van der Waals surface area contributed by atoms with Gasteiger partial charge in [-0.2, -0.15) is 26.0 Å². The molecule has 0 bridgehead atoms. The number of aromatic nitrogens is 2. The van der Waals surface area contributed by atoms with E-state index in [-0.39, 0.29) is 0 Å². The van der Waals surface area contributed by atoms with E-state index in [0.29, 0.717) is 6.42 Å². The van der Waals surface area contributed by atoms with Gasteiger partial charge in [-0.3, -0.25) is 0 Å². The first-order chi connectivity index (χ1) is 15.4. The van der Waals surface area contributed by atoms with Crippen molar-refractivity contribution in [2.45, 2.75) is 19.4 Å². The van der Waals surface area contributed by atoms with E-state index < -0.39 is 16.1 Å². The molecular weight excluding hydrogens is 440 g/mol. The second-order valence-corrected chi connectivity index (χ2v) is 10.5. The Morgan fingerprint density at radius 2 is 1.84 bits per heavy atom. The Morgan fingerprint density at radius 3 is 2.53 bits per heavy atom. The van der Waals surface area contributed by atoms with Crippen LogP contribution in [0.4, 0.5) is 0 Å². The summed E-state index contributed by atoms with van der Waals surface area (Å²) in [5, 5.41) is 13.4. The summed E-state index contributed by atoms with van der Waals surface area (Å²) in [6.07, 6.45) is 3.62. The van der Waals surface area contributed by atoms with Gasteiger partial charge in [-0.25, -0.2) is 13.1 Å². The van der Waals surface area contributed by atoms with Gasteiger partial charge in [0.2, 0.25) is 10.0 Å². The second-order valence-electron chi connectivity index (χ2n) is 7.90. The molecular formula is C24H22N4O2S2. The molecule has 32 heavy (non-hydrogen) atoms. The topological polar surface area (TPSA) is 67.6 Å². The molecule has 4 aromatic rings. The van der Waals surface area contributed by atoms with Crippen molar-refractivity contribution in [2.24, 2.45) is 5.10 Å². The normalized spacial score (nSPS) is 16.4. The van der Waals surface area contributed by atoms with Crippen molar-refractivity contribution in [3.05, 3.63) is 94.3 Å². The van der Waals surface area contributed by atoms with Crippen LogP contribution in [-0.2, 0) is 10.0 Å². The highest BCUT2D eigenvalue weighted by molar-refractivity contribution is 7.88. The predicted octanol–water partition coefficient (Wildman–Crippen LogP) is 5.02. The number of para-hydroxylation sites is 1. The number of rotatable bonds is 5. The molecule has 0 amide bonds. The largest absolute Gasteiger partial charge is 0.247 e. The molecule has 0 spiro atoms. The number of hydrazone groups is 1. The van der Waals surface area contributed by atoms with E-state index in [1.165, 1.54) is 10.7 Å². The highest BCUT2D eigenvalue weighted by Gasteiger charge is 2.37. The summed E-state index contributed by atoms with van der Waals surface area (Å²) in [6.45, 7) is 2.04. The lowest BCUT2D eigenvalue weighted by molar-refractivity contribution is 0.375. The molecule has 2 aromatic carbocycles. The van der Waals surface area contributed by atoms with Crippen LogP contribution in [0.1, 0.15) is 29.2 Å². The maximum absolute atomic E-state index is 12.7. The number of sulfonamides is 1. The molecule has 0 unspecified atom stereocenters. The minimum absolute atomic E-state index is 0.465. The van der Waals surface area contributed by atoms with E-state index in [9.17, 15) is 8.42 Å². The Morgan fingerprint density at radius 1 is 1.03 bits per heavy atom. The van der Waals surface area contributed by atoms with Crippen molar-refractivity contribution < 1.29 is 8.42 Å². The van der Waals surface area contributed by atoms with Gasteiger partial charge in [0.25, 0.3) is 0 Å². The number of hydrogen-bond acceptors (Lipinski definition) is 5. The summed E-state index contributed by atoms with van der Waals surface area (Å²) in [6, 6.07) is 19.4. The van der Waals surface area contributed by atoms with Gasteiger partial charge in [-0.05, 0) is 41.9 Å². The zero-order chi connectivity index (χ0) is 22.3. The first-order valence-electron chi connectivity index (χ1n) is 10.2. The molecule has 0 N–H and O–H groups in total. The molecule has 8 heteroatoms. The van der Waals surface area contributed by atoms with Crippen molar-refractivity contribution >= 4 is 27.1 Å². The summed E-state index contributed by atoms with van der Waals surface area (Å²) < 4.78 is 28.5. The number of benzene rings is 2. The lowest BCUT2D eigenvalue weighted by Gasteiger charge is -2.21. The van der Waals surface area contributed by atoms with Crippen LogP contribution >= 0.6 is 11.3 Å². The van der Waals surface area contributed by atoms with Crippen LogP contribution in [0.25, 0.3) is 16.9 Å². The molecule has 5 rings (SSSR count). The fourth-order valence-corrected chi connectivity index (χ4v) is 5.55. The van der Waals surface area contributed by atoms with Gasteiger partial charge >= 0.3 is 0 Å². The highest BCUT2D eigenvalue weighted by atomic mass is 32.2. The van der Waals surface area contributed by atoms with Gasteiger partial charge in [-0.1, -0.05) is 42.0 Å². The summed E-state index contributed by atoms with van der Waals surface area (Å²) in [7, 11) is -3.57. The molecule has 2 aromatic heterocycles. The third kappa shape index (κ3) is 3.87. The molecule has 3 heterocycles. The minimum atomic E-state index is -3.57. The minimum Gasteiger partial charge on any atom is -0.240 e. The number of aryl methyl sites for hydroxylation is 1. The zero-order valence-electron chi connectivity index (χ0n) is 17.7. The molecule has 6 nitrogen and oxygen atoms in total. The molecule has 0 saturated heterocycles. The van der Waals surface area contributed by atoms with Crippen LogP contribution < -0.4 is 0 Å². The van der Waals surface area contributed by atoms with Crippen LogP contribution in [0.3, 0.4) is 0 Å². The molecule has 0 aliphatic carbocycles. The number of nitrogens with zero attached hydrogens (tertiary/aromatic N) is 4. The lowest BCUT2D eigenvalue weighted by atomic mass is 9.97. The Balaban J connectivity index is 1.67. The molecule has 0 saturated carbocycles. The fraction of sp³-hybridized carbons (Fsp3) is 0.167. The highest BCUT2D eigenvalue weighted by Crippen LogP contribution is 2.39. The van der Waals surface area contributed by atoms with E-state index in [1.54, 1.807) is 11.3 Å². The molecule has 1 aliphatic heterocycles. The van der Waals surface area contributed by atoms with Crippen molar-refractivity contribution in [2.75, 3.05) is 6.26 Å². The van der Waals surface area contributed by atoms with Crippen molar-refractivity contribution in [1.29, 1.82) is 0 Å². The Kier molecular flexibility index (Phi) is 5.19. The van der Waals surface area contributed by atoms with Crippen molar-refractivity contribution in [3.63, 3.8) is 0 Å². The third-order valence-corrected chi connectivity index (χ3v) is 7.18. The van der Waals surface area contributed by atoms with Gasteiger partial charge in [-0.15, -0.1) is 0 Å². The van der Waals surface area contributed by atoms with E-state index in [4.69, 9.17) is 5.10 Å². The van der Waals surface area contributed by atoms with E-state index in [2.05, 4.69) is 11.2 Å². The summed E-state index contributed by atoms with van der Waals surface area (Å²) in [5.41, 5.74) is 6.30. The van der Waals surface area contributed by atoms with Crippen LogP contribution in [0.5, 0.6) is 0 Å². The van der Waals surface area contributed by atoms with Crippen LogP contribution in [0.2, 0.25) is 0 Å². The van der Waals surface area contributed by atoms with E-state index >= 15 is 0 Å². The van der Waals surface area contributed by atoms with Crippen LogP contribution in [0, 0.1) is 6.92 Å². The molecule has 1 aliphatic rings. The first-order valence-corrected chi connectivity index (χ1v) is 13.0. The maximum Gasteiger partial charge on any atom is 0.247 e. The third-order valence-electron chi connectivity index (χ3n) is 5.48. The Bertz CT molecular complexity index is 1390. The van der Waals surface area contributed by atoms with Gasteiger partial charge in [0.1, 0.15) is 0 Å². The fourth-order valence-electron chi connectivity index (χ4n) is 3.99. The van der Waals surface area contributed by atoms with Crippen LogP contribution in [-0.4, -0.2) is 34.6 Å². The summed E-state index contributed by atoms with van der Waals surface area (Å²) >= 11 is 1.57. The molecule has 1 atom stereocenters. The van der Waals surface area contributed by atoms with Crippen molar-refractivity contribution in [1.82, 2.24) is 14.2 Å². The van der Waals surface area contributed by atoms with Crippen molar-refractivity contribution in [3.8, 4) is 16.9 Å².